The van der Waals surface area contributed by atoms with E-state index in [9.17, 15) is 46.2 Å². The Bertz CT molecular complexity index is 1200. The highest BCUT2D eigenvalue weighted by atomic mass is 32.2. The molecule has 12 nitrogen and oxygen atoms in total. The van der Waals surface area contributed by atoms with Gasteiger partial charge < -0.3 is 0 Å². The molecule has 0 aliphatic heterocycles. The molecule has 0 spiro atoms. The third-order valence-corrected chi connectivity index (χ3v) is 7.37. The van der Waals surface area contributed by atoms with Gasteiger partial charge in [-0.2, -0.15) is 16.8 Å². The molecule has 14 heteroatoms. The SMILES string of the molecule is O=[N+]([O-])c1cccc(S(=O)(=O)O)c1C1CCCCC1c1c([N+](=O)[O-])cccc1S(=O)(=O)O. The van der Waals surface area contributed by atoms with Gasteiger partial charge in [-0.3, -0.25) is 29.3 Å². The molecule has 2 aromatic rings. The zero-order valence-corrected chi connectivity index (χ0v) is 18.0. The average Bonchev–Trinajstić information content (AvgIpc) is 2.71. The number of hydrogen-bond donors (Lipinski definition) is 2. The zero-order valence-electron chi connectivity index (χ0n) is 16.3. The van der Waals surface area contributed by atoms with E-state index in [0.29, 0.717) is 12.8 Å². The Balaban J connectivity index is 2.39. The van der Waals surface area contributed by atoms with E-state index in [1.807, 2.05) is 0 Å². The molecule has 0 aromatic heterocycles. The van der Waals surface area contributed by atoms with Crippen LogP contribution in [0.4, 0.5) is 11.4 Å². The van der Waals surface area contributed by atoms with E-state index in [4.69, 9.17) is 0 Å². The van der Waals surface area contributed by atoms with Crippen molar-refractivity contribution in [1.82, 2.24) is 0 Å². The van der Waals surface area contributed by atoms with Gasteiger partial charge in [0.15, 0.2) is 0 Å². The third kappa shape index (κ3) is 4.48. The molecular formula is C18H18N2O10S2. The predicted octanol–water partition coefficient (Wildman–Crippen LogP) is 3.44. The van der Waals surface area contributed by atoms with Gasteiger partial charge in [0.05, 0.1) is 21.0 Å². The van der Waals surface area contributed by atoms with Gasteiger partial charge in [-0.25, -0.2) is 0 Å². The molecule has 1 saturated carbocycles. The molecular weight excluding hydrogens is 468 g/mol. The molecule has 0 saturated heterocycles. The lowest BCUT2D eigenvalue weighted by Gasteiger charge is -2.33. The summed E-state index contributed by atoms with van der Waals surface area (Å²) in [5.41, 5.74) is -1.96. The Kier molecular flexibility index (Phi) is 6.33. The van der Waals surface area contributed by atoms with Crippen molar-refractivity contribution in [2.75, 3.05) is 0 Å². The van der Waals surface area contributed by atoms with E-state index in [2.05, 4.69) is 0 Å². The Labute approximate surface area is 182 Å². The monoisotopic (exact) mass is 486 g/mol. The van der Waals surface area contributed by atoms with Crippen molar-refractivity contribution in [3.63, 3.8) is 0 Å². The molecule has 2 aromatic carbocycles. The predicted molar refractivity (Wildman–Crippen MR) is 110 cm³/mol. The minimum Gasteiger partial charge on any atom is -0.282 e. The van der Waals surface area contributed by atoms with Gasteiger partial charge in [-0.1, -0.05) is 25.0 Å². The first kappa shape index (κ1) is 23.7. The van der Waals surface area contributed by atoms with Crippen LogP contribution < -0.4 is 0 Å². The highest BCUT2D eigenvalue weighted by Crippen LogP contribution is 2.51. The second-order valence-electron chi connectivity index (χ2n) is 7.34. The largest absolute Gasteiger partial charge is 0.295 e. The molecule has 0 radical (unpaired) electrons. The lowest BCUT2D eigenvalue weighted by atomic mass is 9.71. The van der Waals surface area contributed by atoms with Crippen LogP contribution in [-0.4, -0.2) is 35.8 Å². The molecule has 0 amide bonds. The standard InChI is InChI=1S/C18H18N2O10S2/c21-19(22)13-7-3-9-15(31(25,26)27)17(13)11-5-1-2-6-12(11)18-14(20(23)24)8-4-10-16(18)32(28,29)30/h3-4,7-12H,1-2,5-6H2,(H,25,26,27)(H,28,29,30). The van der Waals surface area contributed by atoms with E-state index in [0.717, 1.165) is 36.4 Å². The number of nitrogens with zero attached hydrogens (tertiary/aromatic N) is 2. The fraction of sp³-hybridized carbons (Fsp3) is 0.333. The summed E-state index contributed by atoms with van der Waals surface area (Å²) in [6.07, 6.45) is 1.21. The first-order valence-electron chi connectivity index (χ1n) is 9.33. The molecule has 2 N–H and O–H groups in total. The van der Waals surface area contributed by atoms with Crippen molar-refractivity contribution in [2.24, 2.45) is 0 Å². The van der Waals surface area contributed by atoms with Gasteiger partial charge >= 0.3 is 0 Å². The van der Waals surface area contributed by atoms with E-state index < -0.39 is 63.1 Å². The Morgan fingerprint density at radius 1 is 0.719 bits per heavy atom. The molecule has 172 valence electrons. The lowest BCUT2D eigenvalue weighted by molar-refractivity contribution is -0.386. The van der Waals surface area contributed by atoms with Crippen LogP contribution in [0.25, 0.3) is 0 Å². The normalized spacial score (nSPS) is 19.4. The number of nitro groups is 2. The molecule has 2 unspecified atom stereocenters. The fourth-order valence-electron chi connectivity index (χ4n) is 4.40. The summed E-state index contributed by atoms with van der Waals surface area (Å²) in [7, 11) is -9.83. The molecule has 1 aliphatic carbocycles. The van der Waals surface area contributed by atoms with E-state index >= 15 is 0 Å². The van der Waals surface area contributed by atoms with Gasteiger partial charge in [-0.05, 0) is 36.8 Å². The van der Waals surface area contributed by atoms with Crippen LogP contribution in [0.3, 0.4) is 0 Å². The van der Waals surface area contributed by atoms with Crippen LogP contribution >= 0.6 is 0 Å². The summed E-state index contributed by atoms with van der Waals surface area (Å²) < 4.78 is 67.4. The zero-order chi connectivity index (χ0) is 23.8. The minimum atomic E-state index is -4.92. The number of benzene rings is 2. The van der Waals surface area contributed by atoms with Crippen molar-refractivity contribution in [3.8, 4) is 0 Å². The maximum atomic E-state index is 12.0. The smallest absolute Gasteiger partial charge is 0.282 e. The van der Waals surface area contributed by atoms with Gasteiger partial charge in [0.2, 0.25) is 0 Å². The quantitative estimate of drug-likeness (QED) is 0.347. The first-order chi connectivity index (χ1) is 14.8. The number of rotatable bonds is 6. The maximum absolute atomic E-state index is 12.0. The molecule has 1 fully saturated rings. The maximum Gasteiger partial charge on any atom is 0.295 e. The van der Waals surface area contributed by atoms with E-state index in [1.54, 1.807) is 0 Å². The van der Waals surface area contributed by atoms with Crippen molar-refractivity contribution in [1.29, 1.82) is 0 Å². The summed E-state index contributed by atoms with van der Waals surface area (Å²) in [5.74, 6) is -2.10. The fourth-order valence-corrected chi connectivity index (χ4v) is 5.97. The number of nitro benzene ring substituents is 2. The Morgan fingerprint density at radius 2 is 1.06 bits per heavy atom. The third-order valence-electron chi connectivity index (χ3n) is 5.54. The average molecular weight is 486 g/mol. The second kappa shape index (κ2) is 8.54. The molecule has 1 aliphatic rings. The van der Waals surface area contributed by atoms with Gasteiger partial charge in [0, 0.05) is 12.1 Å². The molecule has 32 heavy (non-hydrogen) atoms. The molecule has 3 rings (SSSR count). The van der Waals surface area contributed by atoms with Crippen molar-refractivity contribution in [2.45, 2.75) is 47.3 Å². The van der Waals surface area contributed by atoms with Gasteiger partial charge in [0.1, 0.15) is 9.79 Å². The summed E-state index contributed by atoms with van der Waals surface area (Å²) in [6.45, 7) is 0. The molecule has 0 heterocycles. The molecule has 2 atom stereocenters. The summed E-state index contributed by atoms with van der Waals surface area (Å²) in [4.78, 5) is 20.2. The summed E-state index contributed by atoms with van der Waals surface area (Å²) in [6, 6.07) is 6.20. The van der Waals surface area contributed by atoms with Crippen LogP contribution in [0.2, 0.25) is 0 Å². The van der Waals surface area contributed by atoms with E-state index in [-0.39, 0.29) is 24.0 Å². The summed E-state index contributed by atoms with van der Waals surface area (Å²) >= 11 is 0. The number of hydrogen-bond acceptors (Lipinski definition) is 8. The summed E-state index contributed by atoms with van der Waals surface area (Å²) in [5, 5.41) is 23.3. The van der Waals surface area contributed by atoms with Gasteiger partial charge in [0.25, 0.3) is 31.6 Å². The van der Waals surface area contributed by atoms with Crippen molar-refractivity contribution in [3.05, 3.63) is 67.8 Å². The highest BCUT2D eigenvalue weighted by molar-refractivity contribution is 7.86. The Hall–Kier alpha value is -2.94. The van der Waals surface area contributed by atoms with Crippen LogP contribution in [0.5, 0.6) is 0 Å². The Morgan fingerprint density at radius 3 is 1.34 bits per heavy atom. The van der Waals surface area contributed by atoms with Crippen molar-refractivity contribution < 1.29 is 35.8 Å². The minimum absolute atomic E-state index is 0.134. The molecule has 0 bridgehead atoms. The first-order valence-corrected chi connectivity index (χ1v) is 12.2. The van der Waals surface area contributed by atoms with Crippen LogP contribution in [-0.2, 0) is 20.2 Å². The van der Waals surface area contributed by atoms with E-state index in [1.165, 1.54) is 0 Å². The highest BCUT2D eigenvalue weighted by Gasteiger charge is 2.41. The van der Waals surface area contributed by atoms with Crippen LogP contribution in [0.15, 0.2) is 46.2 Å². The van der Waals surface area contributed by atoms with Crippen molar-refractivity contribution >= 4 is 31.6 Å². The van der Waals surface area contributed by atoms with Gasteiger partial charge in [-0.15, -0.1) is 0 Å². The second-order valence-corrected chi connectivity index (χ2v) is 10.1. The lowest BCUT2D eigenvalue weighted by Crippen LogP contribution is -2.22. The van der Waals surface area contributed by atoms with Crippen LogP contribution in [0.1, 0.15) is 48.6 Å². The topological polar surface area (TPSA) is 195 Å². The van der Waals surface area contributed by atoms with Crippen LogP contribution in [0, 0.1) is 20.2 Å².